The molecule has 0 radical (unpaired) electrons. The van der Waals surface area contributed by atoms with Gasteiger partial charge >= 0.3 is 12.1 Å². The molecule has 0 saturated heterocycles. The lowest BCUT2D eigenvalue weighted by Crippen LogP contribution is -2.55. The first-order valence-electron chi connectivity index (χ1n) is 7.19. The van der Waals surface area contributed by atoms with Crippen LogP contribution in [0.25, 0.3) is 0 Å². The molecule has 1 aromatic rings. The Hall–Kier alpha value is -1.28. The molecular weight excluding hydrogens is 393 g/mol. The van der Waals surface area contributed by atoms with Gasteiger partial charge in [0.05, 0.1) is 13.7 Å². The van der Waals surface area contributed by atoms with Crippen LogP contribution in [0.3, 0.4) is 0 Å². The third-order valence-corrected chi connectivity index (χ3v) is 4.17. The Morgan fingerprint density at radius 3 is 2.33 bits per heavy atom. The van der Waals surface area contributed by atoms with Crippen LogP contribution in [0, 0.1) is 0 Å². The predicted octanol–water partition coefficient (Wildman–Crippen LogP) is 3.98. The molecule has 136 valence electrons. The van der Waals surface area contributed by atoms with Crippen molar-refractivity contribution in [3.8, 4) is 5.75 Å². The van der Waals surface area contributed by atoms with Gasteiger partial charge in [0.1, 0.15) is 5.75 Å². The van der Waals surface area contributed by atoms with E-state index < -0.39 is 29.6 Å². The molecule has 0 fully saturated rings. The van der Waals surface area contributed by atoms with E-state index in [-0.39, 0.29) is 6.61 Å². The summed E-state index contributed by atoms with van der Waals surface area (Å²) in [6.45, 7) is 4.10. The van der Waals surface area contributed by atoms with Crippen LogP contribution < -0.4 is 4.74 Å². The summed E-state index contributed by atoms with van der Waals surface area (Å²) in [5, 5.41) is 10.1. The van der Waals surface area contributed by atoms with Crippen LogP contribution in [0.15, 0.2) is 22.7 Å². The zero-order chi connectivity index (χ0) is 18.8. The van der Waals surface area contributed by atoms with Crippen LogP contribution in [0.4, 0.5) is 13.2 Å². The maximum atomic E-state index is 13.4. The lowest BCUT2D eigenvalue weighted by Gasteiger charge is -2.36. The largest absolute Gasteiger partial charge is 0.496 e. The van der Waals surface area contributed by atoms with Gasteiger partial charge in [-0.1, -0.05) is 35.8 Å². The maximum absolute atomic E-state index is 13.4. The molecule has 0 heterocycles. The molecule has 0 aliphatic rings. The lowest BCUT2D eigenvalue weighted by atomic mass is 9.74. The van der Waals surface area contributed by atoms with Crippen molar-refractivity contribution in [2.24, 2.45) is 0 Å². The Morgan fingerprint density at radius 2 is 1.88 bits per heavy atom. The third-order valence-electron chi connectivity index (χ3n) is 3.67. The van der Waals surface area contributed by atoms with Crippen LogP contribution in [0.5, 0.6) is 5.75 Å². The molecular formula is C16H20BrF3O4. The average molecular weight is 413 g/mol. The monoisotopic (exact) mass is 412 g/mol. The smallest absolute Gasteiger partial charge is 0.428 e. The first kappa shape index (κ1) is 20.8. The van der Waals surface area contributed by atoms with E-state index in [1.165, 1.54) is 27.9 Å². The molecule has 0 saturated carbocycles. The fourth-order valence-corrected chi connectivity index (χ4v) is 2.84. The van der Waals surface area contributed by atoms with Crippen molar-refractivity contribution in [3.63, 3.8) is 0 Å². The van der Waals surface area contributed by atoms with Crippen molar-refractivity contribution < 1.29 is 32.5 Å². The number of methoxy groups -OCH3 is 1. The van der Waals surface area contributed by atoms with Gasteiger partial charge in [0.2, 0.25) is 0 Å². The van der Waals surface area contributed by atoms with Gasteiger partial charge in [0.25, 0.3) is 5.60 Å². The van der Waals surface area contributed by atoms with E-state index in [2.05, 4.69) is 20.7 Å². The van der Waals surface area contributed by atoms with Gasteiger partial charge in [-0.3, -0.25) is 0 Å². The number of halogens is 4. The second-order valence-corrected chi connectivity index (χ2v) is 6.90. The highest BCUT2D eigenvalue weighted by molar-refractivity contribution is 9.10. The number of hydrogen-bond acceptors (Lipinski definition) is 4. The van der Waals surface area contributed by atoms with Crippen molar-refractivity contribution in [1.29, 1.82) is 0 Å². The Balaban J connectivity index is 3.33. The number of ether oxygens (including phenoxy) is 2. The number of esters is 1. The van der Waals surface area contributed by atoms with E-state index in [4.69, 9.17) is 4.74 Å². The van der Waals surface area contributed by atoms with Crippen molar-refractivity contribution in [2.75, 3.05) is 13.7 Å². The molecule has 4 nitrogen and oxygen atoms in total. The number of aliphatic hydroxyl groups is 1. The first-order chi connectivity index (χ1) is 10.9. The standard InChI is InChI=1S/C16H20BrF3O4/c1-5-24-13(21)15(22,16(18,19)20)9-14(2,3)11-7-6-10(17)8-12(11)23-4/h6-8,22H,5,9H2,1-4H3. The number of alkyl halides is 3. The normalized spacial score (nSPS) is 14.9. The van der Waals surface area contributed by atoms with Gasteiger partial charge in [-0.2, -0.15) is 13.2 Å². The molecule has 0 aliphatic heterocycles. The second-order valence-electron chi connectivity index (χ2n) is 5.98. The van der Waals surface area contributed by atoms with E-state index in [0.29, 0.717) is 15.8 Å². The highest BCUT2D eigenvalue weighted by Crippen LogP contribution is 2.44. The fraction of sp³-hybridized carbons (Fsp3) is 0.562. The number of hydrogen-bond donors (Lipinski definition) is 1. The number of carbonyl (C=O) groups is 1. The van der Waals surface area contributed by atoms with Gasteiger partial charge < -0.3 is 14.6 Å². The van der Waals surface area contributed by atoms with Crippen LogP contribution in [0.1, 0.15) is 32.8 Å². The van der Waals surface area contributed by atoms with E-state index in [9.17, 15) is 23.1 Å². The predicted molar refractivity (Wildman–Crippen MR) is 86.0 cm³/mol. The number of rotatable bonds is 6. The highest BCUT2D eigenvalue weighted by atomic mass is 79.9. The molecule has 0 bridgehead atoms. The molecule has 1 aromatic carbocycles. The number of benzene rings is 1. The molecule has 8 heteroatoms. The van der Waals surface area contributed by atoms with Crippen LogP contribution in [-0.4, -0.2) is 36.6 Å². The molecule has 1 atom stereocenters. The van der Waals surface area contributed by atoms with Crippen LogP contribution in [0.2, 0.25) is 0 Å². The van der Waals surface area contributed by atoms with Gasteiger partial charge in [0, 0.05) is 10.9 Å². The van der Waals surface area contributed by atoms with Crippen molar-refractivity contribution >= 4 is 21.9 Å². The van der Waals surface area contributed by atoms with Crippen molar-refractivity contribution in [3.05, 3.63) is 28.2 Å². The topological polar surface area (TPSA) is 55.8 Å². The minimum atomic E-state index is -5.17. The van der Waals surface area contributed by atoms with Gasteiger partial charge in [0.15, 0.2) is 0 Å². The van der Waals surface area contributed by atoms with Crippen molar-refractivity contribution in [1.82, 2.24) is 0 Å². The van der Waals surface area contributed by atoms with Gasteiger partial charge in [-0.05, 0) is 30.0 Å². The molecule has 24 heavy (non-hydrogen) atoms. The minimum Gasteiger partial charge on any atom is -0.496 e. The Bertz CT molecular complexity index is 601. The van der Waals surface area contributed by atoms with E-state index >= 15 is 0 Å². The van der Waals surface area contributed by atoms with E-state index in [1.54, 1.807) is 18.2 Å². The second kappa shape index (κ2) is 7.31. The summed E-state index contributed by atoms with van der Waals surface area (Å²) in [6, 6.07) is 4.84. The Kier molecular flexibility index (Phi) is 6.32. The summed E-state index contributed by atoms with van der Waals surface area (Å²) in [7, 11) is 1.39. The van der Waals surface area contributed by atoms with Crippen LogP contribution >= 0.6 is 15.9 Å². The Labute approximate surface area is 147 Å². The third kappa shape index (κ3) is 4.22. The summed E-state index contributed by atoms with van der Waals surface area (Å²) in [6.07, 6.45) is -6.07. The van der Waals surface area contributed by atoms with Gasteiger partial charge in [-0.15, -0.1) is 0 Å². The summed E-state index contributed by atoms with van der Waals surface area (Å²) >= 11 is 3.26. The summed E-state index contributed by atoms with van der Waals surface area (Å²) in [5.74, 6) is -1.36. The molecule has 1 N–H and O–H groups in total. The summed E-state index contributed by atoms with van der Waals surface area (Å²) in [5.41, 5.74) is -4.40. The summed E-state index contributed by atoms with van der Waals surface area (Å²) in [4.78, 5) is 11.8. The zero-order valence-corrected chi connectivity index (χ0v) is 15.4. The SMILES string of the molecule is CCOC(=O)C(O)(CC(C)(C)c1ccc(Br)cc1OC)C(F)(F)F. The van der Waals surface area contributed by atoms with Crippen LogP contribution in [-0.2, 0) is 14.9 Å². The van der Waals surface area contributed by atoms with E-state index in [0.717, 1.165) is 0 Å². The molecule has 1 rings (SSSR count). The molecule has 0 spiro atoms. The molecule has 0 amide bonds. The van der Waals surface area contributed by atoms with Crippen molar-refractivity contribution in [2.45, 2.75) is 44.4 Å². The maximum Gasteiger partial charge on any atom is 0.428 e. The highest BCUT2D eigenvalue weighted by Gasteiger charge is 2.62. The molecule has 0 aliphatic carbocycles. The number of carbonyl (C=O) groups excluding carboxylic acids is 1. The van der Waals surface area contributed by atoms with E-state index in [1.807, 2.05) is 0 Å². The molecule has 0 aromatic heterocycles. The molecule has 1 unspecified atom stereocenters. The quantitative estimate of drug-likeness (QED) is 0.717. The Morgan fingerprint density at radius 1 is 1.29 bits per heavy atom. The average Bonchev–Trinajstić information content (AvgIpc) is 2.45. The fourth-order valence-electron chi connectivity index (χ4n) is 2.50. The van der Waals surface area contributed by atoms with Gasteiger partial charge in [-0.25, -0.2) is 4.79 Å². The first-order valence-corrected chi connectivity index (χ1v) is 7.98. The lowest BCUT2D eigenvalue weighted by molar-refractivity contribution is -0.267. The zero-order valence-electron chi connectivity index (χ0n) is 13.8. The minimum absolute atomic E-state index is 0.265. The summed E-state index contributed by atoms with van der Waals surface area (Å²) < 4.78 is 50.5.